The van der Waals surface area contributed by atoms with Crippen LogP contribution in [0.15, 0.2) is 54.6 Å². The second-order valence-corrected chi connectivity index (χ2v) is 7.60. The van der Waals surface area contributed by atoms with Gasteiger partial charge in [0.1, 0.15) is 0 Å². The van der Waals surface area contributed by atoms with Crippen molar-refractivity contribution in [2.45, 2.75) is 24.2 Å². The number of hydrogen-bond acceptors (Lipinski definition) is 2. The molecule has 2 atom stereocenters. The van der Waals surface area contributed by atoms with Crippen LogP contribution in [0, 0.1) is 0 Å². The zero-order chi connectivity index (χ0) is 14.7. The summed E-state index contributed by atoms with van der Waals surface area (Å²) in [6.07, 6.45) is 7.12. The summed E-state index contributed by atoms with van der Waals surface area (Å²) in [5.74, 6) is 0.650. The Morgan fingerprint density at radius 2 is 1.95 bits per heavy atom. The van der Waals surface area contributed by atoms with Crippen LogP contribution < -0.4 is 5.73 Å². The Balaban J connectivity index is 1.72. The maximum absolute atomic E-state index is 5.96. The minimum Gasteiger partial charge on any atom is -0.399 e. The molecule has 5 rings (SSSR count). The number of rotatable bonds is 1. The third-order valence-corrected chi connectivity index (χ3v) is 6.44. The van der Waals surface area contributed by atoms with Crippen LogP contribution in [0.5, 0.6) is 0 Å². The molecular weight excluding hydrogens is 286 g/mol. The summed E-state index contributed by atoms with van der Waals surface area (Å²) >= 11 is 1.88. The van der Waals surface area contributed by atoms with Gasteiger partial charge < -0.3 is 5.73 Å². The van der Waals surface area contributed by atoms with Gasteiger partial charge in [-0.05, 0) is 53.5 Å². The van der Waals surface area contributed by atoms with Crippen molar-refractivity contribution in [3.05, 3.63) is 70.6 Å². The molecule has 1 aromatic heterocycles. The van der Waals surface area contributed by atoms with E-state index in [2.05, 4.69) is 54.6 Å². The Labute approximate surface area is 134 Å². The summed E-state index contributed by atoms with van der Waals surface area (Å²) in [5.41, 5.74) is 10.2. The molecule has 2 heteroatoms. The average molecular weight is 303 g/mol. The van der Waals surface area contributed by atoms with Gasteiger partial charge in [-0.3, -0.25) is 0 Å². The molecule has 3 aromatic rings. The van der Waals surface area contributed by atoms with Crippen LogP contribution in [-0.2, 0) is 5.41 Å². The molecule has 108 valence electrons. The zero-order valence-electron chi connectivity index (χ0n) is 12.3. The number of nitrogens with two attached hydrogens (primary N) is 1. The first kappa shape index (κ1) is 12.5. The lowest BCUT2D eigenvalue weighted by Crippen LogP contribution is -2.07. The Morgan fingerprint density at radius 1 is 1.09 bits per heavy atom. The Kier molecular flexibility index (Phi) is 2.40. The molecular formula is C20H17NS. The van der Waals surface area contributed by atoms with Crippen molar-refractivity contribution in [1.82, 2.24) is 0 Å². The highest BCUT2D eigenvalue weighted by atomic mass is 32.1. The van der Waals surface area contributed by atoms with E-state index in [0.717, 1.165) is 12.1 Å². The van der Waals surface area contributed by atoms with E-state index in [1.54, 1.807) is 5.56 Å². The van der Waals surface area contributed by atoms with Crippen LogP contribution >= 0.6 is 11.3 Å². The van der Waals surface area contributed by atoms with Gasteiger partial charge in [-0.2, -0.15) is 0 Å². The highest BCUT2D eigenvalue weighted by Crippen LogP contribution is 2.66. The predicted molar refractivity (Wildman–Crippen MR) is 95.4 cm³/mol. The third-order valence-electron chi connectivity index (χ3n) is 5.30. The molecule has 2 unspecified atom stereocenters. The van der Waals surface area contributed by atoms with E-state index in [4.69, 9.17) is 5.73 Å². The molecule has 0 radical (unpaired) electrons. The van der Waals surface area contributed by atoms with Gasteiger partial charge in [0.05, 0.1) is 0 Å². The van der Waals surface area contributed by atoms with Crippen LogP contribution in [0.1, 0.15) is 34.8 Å². The highest BCUT2D eigenvalue weighted by molar-refractivity contribution is 7.20. The minimum atomic E-state index is 0.318. The lowest BCUT2D eigenvalue weighted by molar-refractivity contribution is 0.683. The fourth-order valence-electron chi connectivity index (χ4n) is 4.13. The van der Waals surface area contributed by atoms with E-state index in [0.29, 0.717) is 11.3 Å². The third kappa shape index (κ3) is 1.59. The molecule has 2 aliphatic rings. The van der Waals surface area contributed by atoms with Gasteiger partial charge in [-0.25, -0.2) is 0 Å². The van der Waals surface area contributed by atoms with Gasteiger partial charge in [0.2, 0.25) is 0 Å². The van der Waals surface area contributed by atoms with Crippen LogP contribution in [-0.4, -0.2) is 0 Å². The molecule has 2 N–H and O–H groups in total. The summed E-state index contributed by atoms with van der Waals surface area (Å²) in [6, 6.07) is 17.4. The van der Waals surface area contributed by atoms with Gasteiger partial charge in [-0.15, -0.1) is 11.3 Å². The predicted octanol–water partition coefficient (Wildman–Crippen LogP) is 5.33. The van der Waals surface area contributed by atoms with Gasteiger partial charge in [0.15, 0.2) is 0 Å². The van der Waals surface area contributed by atoms with E-state index in [9.17, 15) is 0 Å². The second-order valence-electron chi connectivity index (χ2n) is 6.52. The average Bonchev–Trinajstić information content (AvgIpc) is 3.18. The monoisotopic (exact) mass is 303 g/mol. The number of allylic oxidation sites excluding steroid dienone is 1. The van der Waals surface area contributed by atoms with Crippen LogP contribution in [0.25, 0.3) is 16.2 Å². The van der Waals surface area contributed by atoms with Crippen LogP contribution in [0.4, 0.5) is 5.69 Å². The van der Waals surface area contributed by atoms with Crippen LogP contribution in [0.2, 0.25) is 0 Å². The number of nitrogen functional groups attached to an aromatic ring is 1. The molecule has 0 bridgehead atoms. The molecule has 1 nitrogen and oxygen atoms in total. The Hall–Kier alpha value is -2.06. The van der Waals surface area contributed by atoms with Crippen molar-refractivity contribution in [3.8, 4) is 0 Å². The first-order valence-corrected chi connectivity index (χ1v) is 8.64. The van der Waals surface area contributed by atoms with E-state index in [1.165, 1.54) is 26.9 Å². The zero-order valence-corrected chi connectivity index (χ0v) is 13.1. The fraction of sp³-hybridized carbons (Fsp3) is 0.200. The van der Waals surface area contributed by atoms with E-state index < -0.39 is 0 Å². The summed E-state index contributed by atoms with van der Waals surface area (Å²) in [6.45, 7) is 0. The maximum atomic E-state index is 5.96. The summed E-state index contributed by atoms with van der Waals surface area (Å²) in [7, 11) is 0. The summed E-state index contributed by atoms with van der Waals surface area (Å²) < 4.78 is 1.32. The highest BCUT2D eigenvalue weighted by Gasteiger charge is 2.56. The molecule has 0 amide bonds. The number of thiophene rings is 1. The van der Waals surface area contributed by atoms with E-state index in [-0.39, 0.29) is 0 Å². The van der Waals surface area contributed by atoms with Crippen molar-refractivity contribution in [2.75, 3.05) is 5.73 Å². The SMILES string of the molecule is Nc1ccc2c3c(sc2c1)C=CCC1(c2ccccc2)CC31. The lowest BCUT2D eigenvalue weighted by atomic mass is 9.88. The molecule has 0 aliphatic heterocycles. The normalized spacial score (nSPS) is 25.5. The van der Waals surface area contributed by atoms with Gasteiger partial charge in [0, 0.05) is 20.7 Å². The maximum Gasteiger partial charge on any atom is 0.0372 e. The standard InChI is InChI=1S/C20H17NS/c21-14-8-9-15-18(11-14)22-17-7-4-10-20(12-16(20)19(15)17)13-5-2-1-3-6-13/h1-9,11,16H,10,12,21H2. The molecule has 1 fully saturated rings. The number of hydrogen-bond donors (Lipinski definition) is 1. The fourth-order valence-corrected chi connectivity index (χ4v) is 5.37. The number of benzene rings is 2. The van der Waals surface area contributed by atoms with Gasteiger partial charge >= 0.3 is 0 Å². The van der Waals surface area contributed by atoms with Crippen LogP contribution in [0.3, 0.4) is 0 Å². The quantitative estimate of drug-likeness (QED) is 0.604. The van der Waals surface area contributed by atoms with Crippen molar-refractivity contribution in [2.24, 2.45) is 0 Å². The minimum absolute atomic E-state index is 0.318. The topological polar surface area (TPSA) is 26.0 Å². The molecule has 0 spiro atoms. The number of fused-ring (bicyclic) bond motifs is 5. The van der Waals surface area contributed by atoms with E-state index >= 15 is 0 Å². The van der Waals surface area contributed by atoms with Crippen molar-refractivity contribution in [1.29, 1.82) is 0 Å². The first-order chi connectivity index (χ1) is 10.8. The smallest absolute Gasteiger partial charge is 0.0372 e. The molecule has 22 heavy (non-hydrogen) atoms. The molecule has 2 aliphatic carbocycles. The molecule has 1 saturated carbocycles. The first-order valence-electron chi connectivity index (χ1n) is 7.82. The van der Waals surface area contributed by atoms with Gasteiger partial charge in [0.25, 0.3) is 0 Å². The van der Waals surface area contributed by atoms with Crippen molar-refractivity contribution < 1.29 is 0 Å². The molecule has 2 aromatic carbocycles. The Morgan fingerprint density at radius 3 is 2.82 bits per heavy atom. The number of anilines is 1. The van der Waals surface area contributed by atoms with E-state index in [1.807, 2.05) is 17.4 Å². The van der Waals surface area contributed by atoms with Crippen molar-refractivity contribution >= 4 is 33.2 Å². The Bertz CT molecular complexity index is 906. The lowest BCUT2D eigenvalue weighted by Gasteiger charge is -2.15. The molecule has 0 saturated heterocycles. The summed E-state index contributed by atoms with van der Waals surface area (Å²) in [5, 5.41) is 1.41. The largest absolute Gasteiger partial charge is 0.399 e. The van der Waals surface area contributed by atoms with Crippen molar-refractivity contribution in [3.63, 3.8) is 0 Å². The molecule has 1 heterocycles. The van der Waals surface area contributed by atoms with Gasteiger partial charge in [-0.1, -0.05) is 42.5 Å². The second kappa shape index (κ2) is 4.23. The summed E-state index contributed by atoms with van der Waals surface area (Å²) in [4.78, 5) is 1.43.